The average molecular weight is 349 g/mol. The third-order valence-electron chi connectivity index (χ3n) is 4.41. The van der Waals surface area contributed by atoms with E-state index < -0.39 is 5.97 Å². The predicted octanol–water partition coefficient (Wildman–Crippen LogP) is 2.03. The van der Waals surface area contributed by atoms with Crippen LogP contribution >= 0.6 is 0 Å². The van der Waals surface area contributed by atoms with E-state index in [1.807, 2.05) is 24.3 Å². The second kappa shape index (κ2) is 6.75. The first kappa shape index (κ1) is 17.9. The zero-order chi connectivity index (χ0) is 18.9. The maximum Gasteiger partial charge on any atom is 0.274 e. The summed E-state index contributed by atoms with van der Waals surface area (Å²) in [5.74, 6) is -1.22. The lowest BCUT2D eigenvalue weighted by molar-refractivity contribution is -0.304. The van der Waals surface area contributed by atoms with Gasteiger partial charge in [0.2, 0.25) is 0 Å². The molecule has 5 nitrogen and oxygen atoms in total. The average Bonchev–Trinajstić information content (AvgIpc) is 2.58. The minimum Gasteiger partial charge on any atom is -0.550 e. The van der Waals surface area contributed by atoms with Crippen LogP contribution in [0.2, 0.25) is 0 Å². The smallest absolute Gasteiger partial charge is 0.274 e. The normalized spacial score (nSPS) is 11.7. The van der Waals surface area contributed by atoms with Gasteiger partial charge in [0, 0.05) is 17.8 Å². The SMILES string of the molecule is CC(C)(C)c1ccc(Cn2nc(CC(=O)[O-])c3ccccc3c2=O)cc1. The molecule has 26 heavy (non-hydrogen) atoms. The van der Waals surface area contributed by atoms with Gasteiger partial charge >= 0.3 is 0 Å². The lowest BCUT2D eigenvalue weighted by atomic mass is 9.87. The Bertz CT molecular complexity index is 1010. The van der Waals surface area contributed by atoms with Crippen molar-refractivity contribution in [1.29, 1.82) is 0 Å². The maximum absolute atomic E-state index is 12.7. The fourth-order valence-corrected chi connectivity index (χ4v) is 2.96. The molecular weight excluding hydrogens is 328 g/mol. The van der Waals surface area contributed by atoms with Crippen molar-refractivity contribution in [2.45, 2.75) is 39.2 Å². The number of carboxylic acids is 1. The van der Waals surface area contributed by atoms with E-state index in [2.05, 4.69) is 25.9 Å². The number of aliphatic carboxylic acids is 1. The number of aromatic nitrogens is 2. The van der Waals surface area contributed by atoms with E-state index >= 15 is 0 Å². The first-order chi connectivity index (χ1) is 12.3. The van der Waals surface area contributed by atoms with Crippen molar-refractivity contribution in [3.63, 3.8) is 0 Å². The summed E-state index contributed by atoms with van der Waals surface area (Å²) in [6, 6.07) is 15.0. The molecule has 2 aromatic carbocycles. The number of hydrogen-bond donors (Lipinski definition) is 0. The van der Waals surface area contributed by atoms with Gasteiger partial charge < -0.3 is 9.90 Å². The molecule has 1 heterocycles. The molecule has 0 unspecified atom stereocenters. The van der Waals surface area contributed by atoms with Gasteiger partial charge in [-0.1, -0.05) is 63.2 Å². The van der Waals surface area contributed by atoms with Crippen LogP contribution < -0.4 is 10.7 Å². The Labute approximate surface area is 151 Å². The van der Waals surface area contributed by atoms with E-state index in [4.69, 9.17) is 0 Å². The second-order valence-corrected chi connectivity index (χ2v) is 7.45. The van der Waals surface area contributed by atoms with E-state index in [9.17, 15) is 14.7 Å². The first-order valence-corrected chi connectivity index (χ1v) is 8.54. The molecule has 0 radical (unpaired) electrons. The summed E-state index contributed by atoms with van der Waals surface area (Å²) in [5, 5.41) is 16.4. The zero-order valence-electron chi connectivity index (χ0n) is 15.2. The summed E-state index contributed by atoms with van der Waals surface area (Å²) >= 11 is 0. The number of carboxylic acid groups (broad SMARTS) is 1. The van der Waals surface area contributed by atoms with E-state index in [0.717, 1.165) is 5.56 Å². The lowest BCUT2D eigenvalue weighted by Crippen LogP contribution is -2.29. The van der Waals surface area contributed by atoms with Crippen molar-refractivity contribution in [2.24, 2.45) is 0 Å². The second-order valence-electron chi connectivity index (χ2n) is 7.45. The number of carbonyl (C=O) groups excluding carboxylic acids is 1. The van der Waals surface area contributed by atoms with E-state index in [1.54, 1.807) is 24.3 Å². The van der Waals surface area contributed by atoms with Crippen molar-refractivity contribution in [2.75, 3.05) is 0 Å². The fraction of sp³-hybridized carbons (Fsp3) is 0.286. The highest BCUT2D eigenvalue weighted by Gasteiger charge is 2.14. The van der Waals surface area contributed by atoms with E-state index in [-0.39, 0.29) is 23.9 Å². The standard InChI is InChI=1S/C21H22N2O3/c1-21(2,3)15-10-8-14(9-11-15)13-23-20(26)17-7-5-4-6-16(17)18(22-23)12-19(24)25/h4-11H,12-13H2,1-3H3,(H,24,25)/p-1. The number of carbonyl (C=O) groups is 1. The minimum absolute atomic E-state index is 0.0538. The van der Waals surface area contributed by atoms with Gasteiger partial charge in [-0.15, -0.1) is 0 Å². The number of rotatable bonds is 4. The molecule has 0 bridgehead atoms. The van der Waals surface area contributed by atoms with Crippen molar-refractivity contribution in [1.82, 2.24) is 9.78 Å². The third kappa shape index (κ3) is 3.67. The Morgan fingerprint density at radius 1 is 1.04 bits per heavy atom. The van der Waals surface area contributed by atoms with Crippen molar-refractivity contribution >= 4 is 16.7 Å². The maximum atomic E-state index is 12.7. The molecule has 0 saturated carbocycles. The summed E-state index contributed by atoms with van der Waals surface area (Å²) in [6.45, 7) is 6.71. The summed E-state index contributed by atoms with van der Waals surface area (Å²) in [5.41, 5.74) is 2.30. The van der Waals surface area contributed by atoms with Gasteiger partial charge in [-0.05, 0) is 22.6 Å². The Hall–Kier alpha value is -2.95. The van der Waals surface area contributed by atoms with Crippen LogP contribution in [0.3, 0.4) is 0 Å². The quantitative estimate of drug-likeness (QED) is 0.722. The van der Waals surface area contributed by atoms with Crippen molar-refractivity contribution < 1.29 is 9.90 Å². The molecule has 0 amide bonds. The first-order valence-electron chi connectivity index (χ1n) is 8.54. The molecular formula is C21H21N2O3-. The topological polar surface area (TPSA) is 75.0 Å². The summed E-state index contributed by atoms with van der Waals surface area (Å²) in [6.07, 6.45) is -0.330. The molecule has 0 aliphatic rings. The molecule has 0 saturated heterocycles. The molecule has 1 aromatic heterocycles. The molecule has 0 spiro atoms. The van der Waals surface area contributed by atoms with Crippen LogP contribution in [0.4, 0.5) is 0 Å². The van der Waals surface area contributed by atoms with Crippen LogP contribution in [0.1, 0.15) is 37.6 Å². The van der Waals surface area contributed by atoms with Crippen LogP contribution in [0.5, 0.6) is 0 Å². The van der Waals surface area contributed by atoms with Crippen LogP contribution in [-0.2, 0) is 23.2 Å². The van der Waals surface area contributed by atoms with E-state index in [1.165, 1.54) is 10.2 Å². The Morgan fingerprint density at radius 3 is 2.23 bits per heavy atom. The summed E-state index contributed by atoms with van der Waals surface area (Å²) in [7, 11) is 0. The van der Waals surface area contributed by atoms with Crippen LogP contribution in [0, 0.1) is 0 Å². The predicted molar refractivity (Wildman–Crippen MR) is 99.0 cm³/mol. The molecule has 0 fully saturated rings. The van der Waals surface area contributed by atoms with Gasteiger partial charge in [-0.3, -0.25) is 4.79 Å². The summed E-state index contributed by atoms with van der Waals surface area (Å²) in [4.78, 5) is 23.8. The molecule has 0 N–H and O–H groups in total. The monoisotopic (exact) mass is 349 g/mol. The lowest BCUT2D eigenvalue weighted by Gasteiger charge is -2.19. The molecule has 0 aliphatic heterocycles. The van der Waals surface area contributed by atoms with Crippen molar-refractivity contribution in [3.8, 4) is 0 Å². The largest absolute Gasteiger partial charge is 0.550 e. The van der Waals surface area contributed by atoms with Gasteiger partial charge in [0.25, 0.3) is 5.56 Å². The van der Waals surface area contributed by atoms with Crippen LogP contribution in [0.15, 0.2) is 53.3 Å². The van der Waals surface area contributed by atoms with Crippen LogP contribution in [0.25, 0.3) is 10.8 Å². The number of benzene rings is 2. The molecule has 0 aliphatic carbocycles. The van der Waals surface area contributed by atoms with E-state index in [0.29, 0.717) is 16.5 Å². The van der Waals surface area contributed by atoms with Gasteiger partial charge in [0.1, 0.15) is 0 Å². The van der Waals surface area contributed by atoms with Gasteiger partial charge in [-0.25, -0.2) is 4.68 Å². The Kier molecular flexibility index (Phi) is 4.64. The highest BCUT2D eigenvalue weighted by molar-refractivity contribution is 5.86. The summed E-state index contributed by atoms with van der Waals surface area (Å²) < 4.78 is 1.33. The molecule has 3 aromatic rings. The Balaban J connectivity index is 2.03. The van der Waals surface area contributed by atoms with Gasteiger partial charge in [-0.2, -0.15) is 5.10 Å². The Morgan fingerprint density at radius 2 is 1.65 bits per heavy atom. The highest BCUT2D eigenvalue weighted by atomic mass is 16.4. The van der Waals surface area contributed by atoms with Crippen LogP contribution in [-0.4, -0.2) is 15.7 Å². The fourth-order valence-electron chi connectivity index (χ4n) is 2.96. The van der Waals surface area contributed by atoms with Gasteiger partial charge in [0.05, 0.1) is 17.6 Å². The molecule has 3 rings (SSSR count). The molecule has 5 heteroatoms. The van der Waals surface area contributed by atoms with Crippen molar-refractivity contribution in [3.05, 3.63) is 75.7 Å². The zero-order valence-corrected chi connectivity index (χ0v) is 15.2. The third-order valence-corrected chi connectivity index (χ3v) is 4.41. The number of hydrogen-bond acceptors (Lipinski definition) is 4. The van der Waals surface area contributed by atoms with Gasteiger partial charge in [0.15, 0.2) is 0 Å². The number of nitrogens with zero attached hydrogens (tertiary/aromatic N) is 2. The minimum atomic E-state index is -1.22. The number of fused-ring (bicyclic) bond motifs is 1. The molecule has 0 atom stereocenters. The highest BCUT2D eigenvalue weighted by Crippen LogP contribution is 2.22. The molecule has 134 valence electrons.